The number of carbonyl (C=O) groups is 2. The summed E-state index contributed by atoms with van der Waals surface area (Å²) in [5, 5.41) is 10.2. The van der Waals surface area contributed by atoms with E-state index in [1.54, 1.807) is 30.3 Å². The number of aryl methyl sites for hydroxylation is 2. The first kappa shape index (κ1) is 23.0. The molecule has 34 heavy (non-hydrogen) atoms. The first-order valence-electron chi connectivity index (χ1n) is 11.0. The molecule has 10 heteroatoms. The lowest BCUT2D eigenvalue weighted by Crippen LogP contribution is -2.33. The maximum Gasteiger partial charge on any atom is 0.352 e. The lowest BCUT2D eigenvalue weighted by atomic mass is 10.2. The van der Waals surface area contributed by atoms with Crippen LogP contribution in [0.25, 0.3) is 16.7 Å². The van der Waals surface area contributed by atoms with Gasteiger partial charge in [0.05, 0.1) is 10.9 Å². The number of para-hydroxylation sites is 1. The fraction of sp³-hybridized carbons (Fsp3) is 0.292. The third-order valence-electron chi connectivity index (χ3n) is 5.29. The Morgan fingerprint density at radius 1 is 1.03 bits per heavy atom. The number of rotatable bonds is 7. The van der Waals surface area contributed by atoms with Crippen LogP contribution in [0.15, 0.2) is 58.1 Å². The molecule has 4 aromatic rings. The molecule has 2 N–H and O–H groups in total. The maximum absolute atomic E-state index is 13.2. The van der Waals surface area contributed by atoms with Gasteiger partial charge in [-0.1, -0.05) is 24.3 Å². The molecule has 0 aliphatic rings. The van der Waals surface area contributed by atoms with Crippen LogP contribution in [0.4, 0.5) is 5.69 Å². The third kappa shape index (κ3) is 4.61. The summed E-state index contributed by atoms with van der Waals surface area (Å²) in [4.78, 5) is 51.2. The van der Waals surface area contributed by atoms with Crippen molar-refractivity contribution in [1.82, 2.24) is 24.1 Å². The first-order chi connectivity index (χ1) is 16.2. The van der Waals surface area contributed by atoms with Crippen LogP contribution in [0.3, 0.4) is 0 Å². The zero-order chi connectivity index (χ0) is 24.4. The molecular formula is C24H26N6O4. The van der Waals surface area contributed by atoms with Gasteiger partial charge in [-0.05, 0) is 50.6 Å². The predicted molar refractivity (Wildman–Crippen MR) is 129 cm³/mol. The topological polar surface area (TPSA) is 120 Å². The molecule has 0 unspecified atom stereocenters. The van der Waals surface area contributed by atoms with Gasteiger partial charge < -0.3 is 10.6 Å². The van der Waals surface area contributed by atoms with Crippen molar-refractivity contribution in [3.8, 4) is 0 Å². The van der Waals surface area contributed by atoms with Gasteiger partial charge in [0.1, 0.15) is 6.54 Å². The fourth-order valence-electron chi connectivity index (χ4n) is 3.84. The van der Waals surface area contributed by atoms with Gasteiger partial charge in [0.25, 0.3) is 5.56 Å². The predicted octanol–water partition coefficient (Wildman–Crippen LogP) is 1.67. The molecule has 176 valence electrons. The Labute approximate surface area is 194 Å². The molecule has 0 atom stereocenters. The fourth-order valence-corrected chi connectivity index (χ4v) is 3.84. The normalized spacial score (nSPS) is 11.3. The van der Waals surface area contributed by atoms with Crippen molar-refractivity contribution in [3.05, 3.63) is 74.9 Å². The molecule has 4 rings (SSSR count). The van der Waals surface area contributed by atoms with E-state index < -0.39 is 11.6 Å². The summed E-state index contributed by atoms with van der Waals surface area (Å²) in [6.45, 7) is 5.32. The standard InChI is InChI=1S/C24H26N6O4/c1-15(2)25-20(31)11-12-28-22(33)18-9-4-5-10-19(18)30-23(28)27-29(24(30)34)14-21(32)26-17-8-6-7-16(3)13-17/h4-10,13,15H,11-12,14H2,1-3H3,(H,25,31)(H,26,32). The Balaban J connectivity index is 1.74. The number of nitrogens with one attached hydrogen (secondary N) is 2. The minimum absolute atomic E-state index is 0.0328. The lowest BCUT2D eigenvalue weighted by Gasteiger charge is -2.11. The van der Waals surface area contributed by atoms with Gasteiger partial charge >= 0.3 is 5.69 Å². The summed E-state index contributed by atoms with van der Waals surface area (Å²) < 4.78 is 3.63. The van der Waals surface area contributed by atoms with Gasteiger partial charge in [-0.15, -0.1) is 5.10 Å². The highest BCUT2D eigenvalue weighted by Gasteiger charge is 2.19. The van der Waals surface area contributed by atoms with Gasteiger partial charge in [-0.3, -0.25) is 19.0 Å². The molecule has 2 aromatic heterocycles. The van der Waals surface area contributed by atoms with Crippen molar-refractivity contribution >= 4 is 34.2 Å². The van der Waals surface area contributed by atoms with Crippen molar-refractivity contribution in [1.29, 1.82) is 0 Å². The number of nitrogens with zero attached hydrogens (tertiary/aromatic N) is 4. The maximum atomic E-state index is 13.2. The number of carbonyl (C=O) groups excluding carboxylic acids is 2. The Bertz CT molecular complexity index is 1510. The number of amides is 2. The van der Waals surface area contributed by atoms with Crippen molar-refractivity contribution in [3.63, 3.8) is 0 Å². The number of hydrogen-bond donors (Lipinski definition) is 2. The Morgan fingerprint density at radius 3 is 2.53 bits per heavy atom. The van der Waals surface area contributed by atoms with Gasteiger partial charge in [0.2, 0.25) is 17.6 Å². The molecule has 0 aliphatic heterocycles. The number of fused-ring (bicyclic) bond motifs is 3. The van der Waals surface area contributed by atoms with Crippen LogP contribution >= 0.6 is 0 Å². The molecule has 0 fully saturated rings. The van der Waals surface area contributed by atoms with Crippen LogP contribution in [0.5, 0.6) is 0 Å². The Morgan fingerprint density at radius 2 is 1.79 bits per heavy atom. The van der Waals surface area contributed by atoms with Crippen LogP contribution < -0.4 is 21.9 Å². The minimum Gasteiger partial charge on any atom is -0.354 e. The summed E-state index contributed by atoms with van der Waals surface area (Å²) in [5.74, 6) is -0.562. The summed E-state index contributed by atoms with van der Waals surface area (Å²) in [6, 6.07) is 14.0. The van der Waals surface area contributed by atoms with E-state index in [0.717, 1.165) is 10.2 Å². The number of anilines is 1. The van der Waals surface area contributed by atoms with Gasteiger partial charge in [0, 0.05) is 24.7 Å². The first-order valence-corrected chi connectivity index (χ1v) is 11.0. The summed E-state index contributed by atoms with van der Waals surface area (Å²) in [6.07, 6.45) is 0.0426. The Kier molecular flexibility index (Phi) is 6.31. The lowest BCUT2D eigenvalue weighted by molar-refractivity contribution is -0.121. The van der Waals surface area contributed by atoms with Crippen molar-refractivity contribution in [2.45, 2.75) is 46.3 Å². The van der Waals surface area contributed by atoms with Crippen LogP contribution in [-0.4, -0.2) is 36.6 Å². The van der Waals surface area contributed by atoms with Crippen molar-refractivity contribution < 1.29 is 9.59 Å². The van der Waals surface area contributed by atoms with Crippen LogP contribution in [0.2, 0.25) is 0 Å². The smallest absolute Gasteiger partial charge is 0.352 e. The van der Waals surface area contributed by atoms with Crippen molar-refractivity contribution in [2.24, 2.45) is 0 Å². The molecular weight excluding hydrogens is 436 g/mol. The van der Waals surface area contributed by atoms with E-state index in [4.69, 9.17) is 0 Å². The van der Waals surface area contributed by atoms with E-state index in [0.29, 0.717) is 16.6 Å². The molecule has 2 aromatic carbocycles. The quantitative estimate of drug-likeness (QED) is 0.433. The molecule has 0 saturated heterocycles. The van der Waals surface area contributed by atoms with Crippen LogP contribution in [0, 0.1) is 6.92 Å². The molecule has 0 saturated carbocycles. The number of aromatic nitrogens is 4. The second kappa shape index (κ2) is 9.34. The molecule has 10 nitrogen and oxygen atoms in total. The zero-order valence-corrected chi connectivity index (χ0v) is 19.2. The summed E-state index contributed by atoms with van der Waals surface area (Å²) >= 11 is 0. The van der Waals surface area contributed by atoms with E-state index in [-0.39, 0.29) is 42.8 Å². The minimum atomic E-state index is -0.550. The number of hydrogen-bond acceptors (Lipinski definition) is 5. The summed E-state index contributed by atoms with van der Waals surface area (Å²) in [7, 11) is 0. The zero-order valence-electron chi connectivity index (χ0n) is 19.2. The van der Waals surface area contributed by atoms with Crippen molar-refractivity contribution in [2.75, 3.05) is 5.32 Å². The third-order valence-corrected chi connectivity index (χ3v) is 5.29. The number of benzene rings is 2. The largest absolute Gasteiger partial charge is 0.354 e. The van der Waals surface area contributed by atoms with E-state index in [9.17, 15) is 19.2 Å². The second-order valence-electron chi connectivity index (χ2n) is 8.44. The molecule has 0 spiro atoms. The van der Waals surface area contributed by atoms with Gasteiger partial charge in [-0.2, -0.15) is 0 Å². The second-order valence-corrected chi connectivity index (χ2v) is 8.44. The molecule has 0 radical (unpaired) electrons. The molecule has 2 amide bonds. The van der Waals surface area contributed by atoms with Crippen LogP contribution in [-0.2, 0) is 22.7 Å². The van der Waals surface area contributed by atoms with E-state index in [2.05, 4.69) is 15.7 Å². The van der Waals surface area contributed by atoms with Gasteiger partial charge in [-0.25, -0.2) is 13.9 Å². The van der Waals surface area contributed by atoms with Gasteiger partial charge in [0.15, 0.2) is 0 Å². The van der Waals surface area contributed by atoms with Crippen LogP contribution in [0.1, 0.15) is 25.8 Å². The Hall–Kier alpha value is -4.21. The average Bonchev–Trinajstić information content (AvgIpc) is 3.09. The summed E-state index contributed by atoms with van der Waals surface area (Å²) in [5.41, 5.74) is 1.08. The SMILES string of the molecule is Cc1cccc(NC(=O)Cn2nc3n(CCC(=O)NC(C)C)c(=O)c4ccccc4n3c2=O)c1. The van der Waals surface area contributed by atoms with E-state index in [1.807, 2.05) is 39.0 Å². The molecule has 0 aliphatic carbocycles. The average molecular weight is 463 g/mol. The molecule has 0 bridgehead atoms. The van der Waals surface area contributed by atoms with E-state index in [1.165, 1.54) is 8.97 Å². The van der Waals surface area contributed by atoms with E-state index >= 15 is 0 Å². The highest BCUT2D eigenvalue weighted by molar-refractivity contribution is 5.90. The monoisotopic (exact) mass is 462 g/mol. The highest BCUT2D eigenvalue weighted by Crippen LogP contribution is 2.12. The molecule has 2 heterocycles. The highest BCUT2D eigenvalue weighted by atomic mass is 16.2.